The lowest BCUT2D eigenvalue weighted by atomic mass is 9.90. The van der Waals surface area contributed by atoms with Crippen LogP contribution in [0.5, 0.6) is 5.88 Å². The third kappa shape index (κ3) is 2.11. The van der Waals surface area contributed by atoms with Gasteiger partial charge in [-0.3, -0.25) is 13.9 Å². The Morgan fingerprint density at radius 2 is 2.00 bits per heavy atom. The van der Waals surface area contributed by atoms with Crippen LogP contribution in [0.15, 0.2) is 29.1 Å². The summed E-state index contributed by atoms with van der Waals surface area (Å²) < 4.78 is 3.15. The highest BCUT2D eigenvalue weighted by Crippen LogP contribution is 2.31. The average Bonchev–Trinajstić information content (AvgIpc) is 2.51. The second kappa shape index (κ2) is 5.13. The van der Waals surface area contributed by atoms with Gasteiger partial charge in [-0.25, -0.2) is 0 Å². The molecule has 2 aromatic rings. The molecule has 3 rings (SSSR count). The Kier molecular flexibility index (Phi) is 3.43. The molecule has 0 aliphatic carbocycles. The van der Waals surface area contributed by atoms with Crippen molar-refractivity contribution in [3.05, 3.63) is 56.1 Å². The standard InChI is InChI=1S/C15H17N3O2S/c1-17-13(19)11(14(20)18(2)15(17)21)12-10-6-4-3-5-9(10)7-8-16-12/h3-6,12,16,19H,7-8H2,1-2H3. The first-order valence-electron chi connectivity index (χ1n) is 6.82. The van der Waals surface area contributed by atoms with Gasteiger partial charge in [-0.05, 0) is 29.8 Å². The first-order valence-corrected chi connectivity index (χ1v) is 7.23. The van der Waals surface area contributed by atoms with E-state index >= 15 is 0 Å². The number of aromatic hydroxyl groups is 1. The van der Waals surface area contributed by atoms with E-state index in [1.54, 1.807) is 14.1 Å². The number of hydrogen-bond acceptors (Lipinski definition) is 4. The summed E-state index contributed by atoms with van der Waals surface area (Å²) in [5.41, 5.74) is 2.33. The zero-order valence-corrected chi connectivity index (χ0v) is 12.8. The fourth-order valence-corrected chi connectivity index (χ4v) is 3.04. The topological polar surface area (TPSA) is 59.2 Å². The fraction of sp³-hybridized carbons (Fsp3) is 0.333. The van der Waals surface area contributed by atoms with Crippen molar-refractivity contribution < 1.29 is 5.11 Å². The molecule has 110 valence electrons. The molecule has 5 nitrogen and oxygen atoms in total. The summed E-state index contributed by atoms with van der Waals surface area (Å²) in [6, 6.07) is 7.68. The summed E-state index contributed by atoms with van der Waals surface area (Å²) in [5, 5.41) is 13.7. The van der Waals surface area contributed by atoms with Gasteiger partial charge in [0.25, 0.3) is 5.56 Å². The van der Waals surface area contributed by atoms with Crippen molar-refractivity contribution in [3.63, 3.8) is 0 Å². The van der Waals surface area contributed by atoms with E-state index in [9.17, 15) is 9.90 Å². The van der Waals surface area contributed by atoms with Gasteiger partial charge in [0.05, 0.1) is 11.6 Å². The minimum Gasteiger partial charge on any atom is -0.494 e. The van der Waals surface area contributed by atoms with Crippen LogP contribution < -0.4 is 10.9 Å². The predicted molar refractivity (Wildman–Crippen MR) is 83.1 cm³/mol. The van der Waals surface area contributed by atoms with E-state index in [1.807, 2.05) is 18.2 Å². The number of nitrogens with one attached hydrogen (secondary N) is 1. The van der Waals surface area contributed by atoms with Crippen molar-refractivity contribution in [2.24, 2.45) is 14.1 Å². The van der Waals surface area contributed by atoms with Crippen LogP contribution in [0.4, 0.5) is 0 Å². The maximum absolute atomic E-state index is 12.6. The maximum Gasteiger partial charge on any atom is 0.263 e. The molecular weight excluding hydrogens is 286 g/mol. The van der Waals surface area contributed by atoms with Crippen LogP contribution >= 0.6 is 12.2 Å². The van der Waals surface area contributed by atoms with Gasteiger partial charge in [0.15, 0.2) is 4.77 Å². The molecule has 2 N–H and O–H groups in total. The molecule has 1 aromatic carbocycles. The number of nitrogens with zero attached hydrogens (tertiary/aromatic N) is 2. The SMILES string of the molecule is Cn1c(O)c(C2NCCc3ccccc32)c(=O)n(C)c1=S. The summed E-state index contributed by atoms with van der Waals surface area (Å²) in [7, 11) is 3.29. The van der Waals surface area contributed by atoms with E-state index in [-0.39, 0.29) is 17.5 Å². The second-order valence-electron chi connectivity index (χ2n) is 5.28. The van der Waals surface area contributed by atoms with Crippen LogP contribution in [-0.2, 0) is 20.5 Å². The van der Waals surface area contributed by atoms with Crippen LogP contribution in [0.1, 0.15) is 22.7 Å². The molecule has 21 heavy (non-hydrogen) atoms. The lowest BCUT2D eigenvalue weighted by molar-refractivity contribution is 0.395. The number of fused-ring (bicyclic) bond motifs is 1. The van der Waals surface area contributed by atoms with E-state index in [0.29, 0.717) is 10.3 Å². The zero-order valence-electron chi connectivity index (χ0n) is 12.0. The van der Waals surface area contributed by atoms with Gasteiger partial charge in [0.2, 0.25) is 5.88 Å². The lowest BCUT2D eigenvalue weighted by Gasteiger charge is -2.28. The van der Waals surface area contributed by atoms with Gasteiger partial charge in [-0.2, -0.15) is 0 Å². The maximum atomic E-state index is 12.6. The normalized spacial score (nSPS) is 17.5. The van der Waals surface area contributed by atoms with Crippen LogP contribution in [0.25, 0.3) is 0 Å². The molecule has 1 aromatic heterocycles. The van der Waals surface area contributed by atoms with Gasteiger partial charge >= 0.3 is 0 Å². The van der Waals surface area contributed by atoms with Gasteiger partial charge in [0.1, 0.15) is 0 Å². The van der Waals surface area contributed by atoms with Crippen LogP contribution in [-0.4, -0.2) is 20.8 Å². The van der Waals surface area contributed by atoms with E-state index in [1.165, 1.54) is 14.7 Å². The third-order valence-corrected chi connectivity index (χ3v) is 4.61. The Bertz CT molecular complexity index is 823. The van der Waals surface area contributed by atoms with Gasteiger partial charge in [-0.1, -0.05) is 24.3 Å². The molecule has 0 radical (unpaired) electrons. The molecule has 0 amide bonds. The summed E-state index contributed by atoms with van der Waals surface area (Å²) in [5.74, 6) is -0.0719. The molecule has 0 fully saturated rings. The molecule has 0 bridgehead atoms. The smallest absolute Gasteiger partial charge is 0.263 e. The van der Waals surface area contributed by atoms with Crippen LogP contribution in [0.3, 0.4) is 0 Å². The highest BCUT2D eigenvalue weighted by molar-refractivity contribution is 7.71. The van der Waals surface area contributed by atoms with Crippen molar-refractivity contribution in [3.8, 4) is 5.88 Å². The Labute approximate surface area is 127 Å². The predicted octanol–water partition coefficient (Wildman–Crippen LogP) is 1.39. The number of benzene rings is 1. The first-order chi connectivity index (χ1) is 10.0. The molecule has 1 atom stereocenters. The molecule has 2 heterocycles. The summed E-state index contributed by atoms with van der Waals surface area (Å²) in [6.45, 7) is 0.767. The van der Waals surface area contributed by atoms with Crippen molar-refractivity contribution in [1.82, 2.24) is 14.5 Å². The lowest BCUT2D eigenvalue weighted by Crippen LogP contribution is -2.37. The average molecular weight is 303 g/mol. The van der Waals surface area contributed by atoms with E-state index in [2.05, 4.69) is 11.4 Å². The quantitative estimate of drug-likeness (QED) is 0.782. The van der Waals surface area contributed by atoms with Crippen LogP contribution in [0, 0.1) is 4.77 Å². The Morgan fingerprint density at radius 3 is 2.76 bits per heavy atom. The van der Waals surface area contributed by atoms with Crippen LogP contribution in [0.2, 0.25) is 0 Å². The van der Waals surface area contributed by atoms with Crippen molar-refractivity contribution in [1.29, 1.82) is 0 Å². The van der Waals surface area contributed by atoms with Gasteiger partial charge in [-0.15, -0.1) is 0 Å². The monoisotopic (exact) mass is 303 g/mol. The molecule has 1 aliphatic heterocycles. The number of hydrogen-bond donors (Lipinski definition) is 2. The summed E-state index contributed by atoms with van der Waals surface area (Å²) >= 11 is 5.15. The molecule has 1 aliphatic rings. The molecule has 6 heteroatoms. The van der Waals surface area contributed by atoms with Gasteiger partial charge in [0, 0.05) is 20.6 Å². The third-order valence-electron chi connectivity index (χ3n) is 4.07. The van der Waals surface area contributed by atoms with Crippen molar-refractivity contribution >= 4 is 12.2 Å². The highest BCUT2D eigenvalue weighted by atomic mass is 32.1. The van der Waals surface area contributed by atoms with Crippen molar-refractivity contribution in [2.45, 2.75) is 12.5 Å². The Balaban J connectivity index is 2.29. The highest BCUT2D eigenvalue weighted by Gasteiger charge is 2.27. The minimum absolute atomic E-state index is 0.0719. The molecular formula is C15H17N3O2S. The second-order valence-corrected chi connectivity index (χ2v) is 5.64. The molecule has 0 saturated heterocycles. The molecule has 0 spiro atoms. The zero-order chi connectivity index (χ0) is 15.1. The van der Waals surface area contributed by atoms with E-state index < -0.39 is 0 Å². The number of aromatic nitrogens is 2. The Morgan fingerprint density at radius 1 is 1.29 bits per heavy atom. The summed E-state index contributed by atoms with van der Waals surface area (Å²) in [4.78, 5) is 12.6. The fourth-order valence-electron chi connectivity index (χ4n) is 2.87. The number of rotatable bonds is 1. The van der Waals surface area contributed by atoms with E-state index in [4.69, 9.17) is 12.2 Å². The largest absolute Gasteiger partial charge is 0.494 e. The Hall–Kier alpha value is -1.92. The minimum atomic E-state index is -0.310. The summed E-state index contributed by atoms with van der Waals surface area (Å²) in [6.07, 6.45) is 0.916. The molecule has 0 saturated carbocycles. The molecule has 1 unspecified atom stereocenters. The van der Waals surface area contributed by atoms with E-state index in [0.717, 1.165) is 18.5 Å². The van der Waals surface area contributed by atoms with Crippen molar-refractivity contribution in [2.75, 3.05) is 6.54 Å². The first kappa shape index (κ1) is 14.0. The van der Waals surface area contributed by atoms with Gasteiger partial charge < -0.3 is 10.4 Å².